The Bertz CT molecular complexity index is 410. The highest BCUT2D eigenvalue weighted by Crippen LogP contribution is 2.28. The van der Waals surface area contributed by atoms with Crippen molar-refractivity contribution in [2.75, 3.05) is 6.61 Å². The molecule has 2 rings (SSSR count). The van der Waals surface area contributed by atoms with Crippen molar-refractivity contribution >= 4 is 0 Å². The van der Waals surface area contributed by atoms with E-state index in [0.29, 0.717) is 12.4 Å². The van der Waals surface area contributed by atoms with Gasteiger partial charge in [0.1, 0.15) is 17.6 Å². The smallest absolute Gasteiger partial charge is 0.136 e. The van der Waals surface area contributed by atoms with Gasteiger partial charge >= 0.3 is 0 Å². The first-order valence-electron chi connectivity index (χ1n) is 5.94. The minimum absolute atomic E-state index is 0.129. The molecule has 0 aliphatic carbocycles. The second-order valence-electron chi connectivity index (χ2n) is 4.39. The molecule has 1 aliphatic heterocycles. The largest absolute Gasteiger partial charge is 0.495 e. The molecular formula is C14H18O3. The van der Waals surface area contributed by atoms with Gasteiger partial charge in [-0.2, -0.15) is 0 Å². The molecule has 92 valence electrons. The van der Waals surface area contributed by atoms with Crippen LogP contribution in [0.2, 0.25) is 0 Å². The maximum absolute atomic E-state index is 10.1. The Labute approximate surface area is 102 Å². The number of rotatable bonds is 4. The lowest BCUT2D eigenvalue weighted by Crippen LogP contribution is -2.07. The molecule has 0 aromatic heterocycles. The van der Waals surface area contributed by atoms with E-state index in [2.05, 4.69) is 0 Å². The molecule has 0 spiro atoms. The van der Waals surface area contributed by atoms with Gasteiger partial charge in [0.2, 0.25) is 0 Å². The third-order valence-corrected chi connectivity index (χ3v) is 2.55. The molecule has 1 atom stereocenters. The van der Waals surface area contributed by atoms with E-state index in [4.69, 9.17) is 9.47 Å². The van der Waals surface area contributed by atoms with Crippen LogP contribution in [0.25, 0.3) is 0 Å². The van der Waals surface area contributed by atoms with Gasteiger partial charge in [0.25, 0.3) is 0 Å². The fraction of sp³-hybridized carbons (Fsp3) is 0.429. The summed E-state index contributed by atoms with van der Waals surface area (Å²) in [5, 5.41) is 10.1. The molecule has 0 amide bonds. The van der Waals surface area contributed by atoms with E-state index in [-0.39, 0.29) is 6.10 Å². The Morgan fingerprint density at radius 2 is 2.18 bits per heavy atom. The van der Waals surface area contributed by atoms with Crippen LogP contribution in [0.5, 0.6) is 5.75 Å². The average Bonchev–Trinajstić information content (AvgIpc) is 2.81. The van der Waals surface area contributed by atoms with E-state index in [1.807, 2.05) is 44.2 Å². The third-order valence-electron chi connectivity index (χ3n) is 2.55. The highest BCUT2D eigenvalue weighted by molar-refractivity contribution is 5.33. The Morgan fingerprint density at radius 3 is 2.82 bits per heavy atom. The van der Waals surface area contributed by atoms with Gasteiger partial charge in [0.05, 0.1) is 12.7 Å². The number of hydrogen-bond donors (Lipinski definition) is 1. The molecule has 1 N–H and O–H groups in total. The topological polar surface area (TPSA) is 38.7 Å². The van der Waals surface area contributed by atoms with Crippen LogP contribution in [-0.2, 0) is 4.74 Å². The number of aliphatic hydroxyl groups excluding tert-OH is 1. The fourth-order valence-electron chi connectivity index (χ4n) is 1.82. The normalized spacial score (nSPS) is 16.6. The zero-order valence-corrected chi connectivity index (χ0v) is 10.2. The predicted molar refractivity (Wildman–Crippen MR) is 65.8 cm³/mol. The lowest BCUT2D eigenvalue weighted by Gasteiger charge is -2.15. The van der Waals surface area contributed by atoms with E-state index in [1.54, 1.807) is 0 Å². The molecule has 1 aromatic rings. The molecule has 1 unspecified atom stereocenters. The van der Waals surface area contributed by atoms with Crippen molar-refractivity contribution in [1.29, 1.82) is 0 Å². The summed E-state index contributed by atoms with van der Waals surface area (Å²) >= 11 is 0. The molecule has 1 aliphatic rings. The van der Waals surface area contributed by atoms with Crippen LogP contribution in [0.15, 0.2) is 36.1 Å². The highest BCUT2D eigenvalue weighted by atomic mass is 16.5. The lowest BCUT2D eigenvalue weighted by atomic mass is 10.1. The van der Waals surface area contributed by atoms with Crippen molar-refractivity contribution in [2.45, 2.75) is 32.5 Å². The molecule has 1 heterocycles. The number of benzene rings is 1. The van der Waals surface area contributed by atoms with Gasteiger partial charge < -0.3 is 14.6 Å². The van der Waals surface area contributed by atoms with Gasteiger partial charge in [-0.05, 0) is 37.6 Å². The number of hydrogen-bond acceptors (Lipinski definition) is 3. The minimum Gasteiger partial charge on any atom is -0.495 e. The monoisotopic (exact) mass is 234 g/mol. The van der Waals surface area contributed by atoms with E-state index in [9.17, 15) is 5.11 Å². The van der Waals surface area contributed by atoms with Crippen LogP contribution >= 0.6 is 0 Å². The maximum atomic E-state index is 10.1. The average molecular weight is 234 g/mol. The second-order valence-corrected chi connectivity index (χ2v) is 4.39. The minimum atomic E-state index is -0.687. The predicted octanol–water partition coefficient (Wildman–Crippen LogP) is 2.81. The van der Waals surface area contributed by atoms with Crippen molar-refractivity contribution in [3.8, 4) is 5.75 Å². The lowest BCUT2D eigenvalue weighted by molar-refractivity contribution is 0.118. The Kier molecular flexibility index (Phi) is 3.69. The summed E-state index contributed by atoms with van der Waals surface area (Å²) in [7, 11) is 0. The molecule has 1 aromatic carbocycles. The molecular weight excluding hydrogens is 216 g/mol. The van der Waals surface area contributed by atoms with Crippen LogP contribution in [0.3, 0.4) is 0 Å². The molecule has 3 heteroatoms. The molecule has 0 bridgehead atoms. The summed E-state index contributed by atoms with van der Waals surface area (Å²) in [5.41, 5.74) is 0.802. The van der Waals surface area contributed by atoms with Crippen molar-refractivity contribution in [3.63, 3.8) is 0 Å². The molecule has 17 heavy (non-hydrogen) atoms. The van der Waals surface area contributed by atoms with Crippen LogP contribution in [0.4, 0.5) is 0 Å². The first-order valence-corrected chi connectivity index (χ1v) is 5.94. The molecule has 0 saturated heterocycles. The quantitative estimate of drug-likeness (QED) is 0.870. The van der Waals surface area contributed by atoms with Crippen molar-refractivity contribution in [2.24, 2.45) is 0 Å². The SMILES string of the molecule is CC(C)Oc1cccc(C(O)C2=CCCO2)c1. The summed E-state index contributed by atoms with van der Waals surface area (Å²) in [6.45, 7) is 4.62. The van der Waals surface area contributed by atoms with Gasteiger partial charge in [0.15, 0.2) is 0 Å². The first kappa shape index (κ1) is 12.0. The van der Waals surface area contributed by atoms with Crippen LogP contribution in [0, 0.1) is 0 Å². The van der Waals surface area contributed by atoms with E-state index < -0.39 is 6.10 Å². The third kappa shape index (κ3) is 3.01. The molecule has 3 nitrogen and oxygen atoms in total. The van der Waals surface area contributed by atoms with Gasteiger partial charge in [-0.15, -0.1) is 0 Å². The second kappa shape index (κ2) is 5.23. The van der Waals surface area contributed by atoms with Gasteiger partial charge in [-0.1, -0.05) is 12.1 Å². The molecule has 0 saturated carbocycles. The molecule has 0 fully saturated rings. The van der Waals surface area contributed by atoms with Crippen molar-refractivity contribution in [1.82, 2.24) is 0 Å². The zero-order valence-electron chi connectivity index (χ0n) is 10.2. The standard InChI is InChI=1S/C14H18O3/c1-10(2)17-12-6-3-5-11(9-12)14(15)13-7-4-8-16-13/h3,5-7,9-10,14-15H,4,8H2,1-2H3. The van der Waals surface area contributed by atoms with Gasteiger partial charge in [-0.25, -0.2) is 0 Å². The van der Waals surface area contributed by atoms with Crippen LogP contribution in [-0.4, -0.2) is 17.8 Å². The van der Waals surface area contributed by atoms with E-state index >= 15 is 0 Å². The maximum Gasteiger partial charge on any atom is 0.136 e. The van der Waals surface area contributed by atoms with Crippen molar-refractivity contribution < 1.29 is 14.6 Å². The highest BCUT2D eigenvalue weighted by Gasteiger charge is 2.18. The van der Waals surface area contributed by atoms with Crippen LogP contribution < -0.4 is 4.74 Å². The number of ether oxygens (including phenoxy) is 2. The Balaban J connectivity index is 2.14. The fourth-order valence-corrected chi connectivity index (χ4v) is 1.82. The summed E-state index contributed by atoms with van der Waals surface area (Å²) < 4.78 is 11.0. The zero-order chi connectivity index (χ0) is 12.3. The first-order chi connectivity index (χ1) is 8.16. The summed E-state index contributed by atoms with van der Waals surface area (Å²) in [6.07, 6.45) is 2.24. The summed E-state index contributed by atoms with van der Waals surface area (Å²) in [4.78, 5) is 0. The van der Waals surface area contributed by atoms with Gasteiger partial charge in [-0.3, -0.25) is 0 Å². The van der Waals surface area contributed by atoms with E-state index in [1.165, 1.54) is 0 Å². The Morgan fingerprint density at radius 1 is 1.35 bits per heavy atom. The Hall–Kier alpha value is -1.48. The van der Waals surface area contributed by atoms with Gasteiger partial charge in [0, 0.05) is 6.42 Å². The van der Waals surface area contributed by atoms with E-state index in [0.717, 1.165) is 17.7 Å². The summed E-state index contributed by atoms with van der Waals surface area (Å²) in [5.74, 6) is 1.42. The molecule has 0 radical (unpaired) electrons. The van der Waals surface area contributed by atoms with Crippen LogP contribution in [0.1, 0.15) is 31.9 Å². The van der Waals surface area contributed by atoms with Crippen molar-refractivity contribution in [3.05, 3.63) is 41.7 Å². The summed E-state index contributed by atoms with van der Waals surface area (Å²) in [6, 6.07) is 7.50. The number of aliphatic hydroxyl groups is 1.